The van der Waals surface area contributed by atoms with E-state index < -0.39 is 20.5 Å². The molecule has 29 heavy (non-hydrogen) atoms. The van der Waals surface area contributed by atoms with Crippen molar-refractivity contribution in [2.24, 2.45) is 40.4 Å². The van der Waals surface area contributed by atoms with E-state index in [-0.39, 0.29) is 22.9 Å². The minimum absolute atomic E-state index is 0.119. The lowest BCUT2D eigenvalue weighted by atomic mass is 9.69. The van der Waals surface area contributed by atoms with E-state index in [0.29, 0.717) is 40.3 Å². The molecule has 0 aromatic carbocycles. The summed E-state index contributed by atoms with van der Waals surface area (Å²) < 4.78 is 7.48. The topological polar surface area (TPSA) is 49.7 Å². The van der Waals surface area contributed by atoms with Gasteiger partial charge in [0.15, 0.2) is 0 Å². The van der Waals surface area contributed by atoms with E-state index in [1.165, 1.54) is 18.4 Å². The summed E-state index contributed by atoms with van der Waals surface area (Å²) in [4.78, 5) is 0. The van der Waals surface area contributed by atoms with E-state index >= 15 is 0 Å². The Hall–Kier alpha value is -0.163. The molecular weight excluding hydrogens is 376 g/mol. The predicted octanol–water partition coefficient (Wildman–Crippen LogP) is 5.14. The highest BCUT2D eigenvalue weighted by molar-refractivity contribution is 6.77. The van der Waals surface area contributed by atoms with Gasteiger partial charge in [0.05, 0.1) is 18.3 Å². The molecule has 6 bridgehead atoms. The SMILES string of the molecule is CC(C)[Si](OC1C2=CC3C(O)C(O)C4C5CC3C2(CC1(C)C)C54)(C(C)C)C(C)C. The minimum Gasteiger partial charge on any atom is -0.409 e. The van der Waals surface area contributed by atoms with Crippen LogP contribution in [-0.4, -0.2) is 36.8 Å². The first-order chi connectivity index (χ1) is 13.4. The zero-order chi connectivity index (χ0) is 21.3. The molecule has 2 N–H and O–H groups in total. The second-order valence-corrected chi connectivity index (χ2v) is 18.2. The first-order valence-electron chi connectivity index (χ1n) is 12.2. The van der Waals surface area contributed by atoms with Crippen LogP contribution in [0, 0.1) is 40.4 Å². The van der Waals surface area contributed by atoms with Crippen molar-refractivity contribution in [1.29, 1.82) is 0 Å². The van der Waals surface area contributed by atoms with Crippen molar-refractivity contribution >= 4 is 8.32 Å². The Morgan fingerprint density at radius 3 is 2.14 bits per heavy atom. The molecule has 5 saturated carbocycles. The van der Waals surface area contributed by atoms with Crippen LogP contribution in [0.2, 0.25) is 16.6 Å². The number of hydrogen-bond acceptors (Lipinski definition) is 3. The molecule has 0 amide bonds. The number of rotatable bonds is 5. The van der Waals surface area contributed by atoms with Crippen LogP contribution in [0.5, 0.6) is 0 Å². The molecule has 6 aliphatic carbocycles. The summed E-state index contributed by atoms with van der Waals surface area (Å²) in [6.07, 6.45) is 3.87. The van der Waals surface area contributed by atoms with Crippen molar-refractivity contribution in [2.45, 2.75) is 103 Å². The van der Waals surface area contributed by atoms with Gasteiger partial charge >= 0.3 is 0 Å². The fourth-order valence-corrected chi connectivity index (χ4v) is 15.3. The van der Waals surface area contributed by atoms with Gasteiger partial charge in [-0.2, -0.15) is 0 Å². The predicted molar refractivity (Wildman–Crippen MR) is 119 cm³/mol. The van der Waals surface area contributed by atoms with Gasteiger partial charge in [-0.3, -0.25) is 0 Å². The van der Waals surface area contributed by atoms with Crippen molar-refractivity contribution in [3.63, 3.8) is 0 Å². The van der Waals surface area contributed by atoms with Crippen LogP contribution in [0.4, 0.5) is 0 Å². The molecule has 0 aromatic heterocycles. The Balaban J connectivity index is 1.60. The van der Waals surface area contributed by atoms with Crippen LogP contribution in [-0.2, 0) is 4.43 Å². The van der Waals surface area contributed by atoms with E-state index in [4.69, 9.17) is 4.43 Å². The van der Waals surface area contributed by atoms with E-state index in [2.05, 4.69) is 61.5 Å². The molecule has 6 rings (SSSR count). The first kappa shape index (κ1) is 20.7. The Bertz CT molecular complexity index is 719. The molecule has 3 nitrogen and oxygen atoms in total. The van der Waals surface area contributed by atoms with Gasteiger partial charge in [-0.05, 0) is 64.1 Å². The zero-order valence-electron chi connectivity index (χ0n) is 19.6. The summed E-state index contributed by atoms with van der Waals surface area (Å²) in [7, 11) is -2.00. The van der Waals surface area contributed by atoms with Gasteiger partial charge in [-0.15, -0.1) is 0 Å². The molecule has 0 aromatic rings. The fraction of sp³-hybridized carbons (Fsp3) is 0.920. The molecule has 4 heteroatoms. The smallest absolute Gasteiger partial charge is 0.201 e. The van der Waals surface area contributed by atoms with Gasteiger partial charge < -0.3 is 14.6 Å². The molecule has 0 saturated heterocycles. The highest BCUT2D eigenvalue weighted by Crippen LogP contribution is 2.83. The van der Waals surface area contributed by atoms with Crippen molar-refractivity contribution in [3.8, 4) is 0 Å². The van der Waals surface area contributed by atoms with E-state index in [0.717, 1.165) is 0 Å². The molecule has 0 aliphatic heterocycles. The lowest BCUT2D eigenvalue weighted by Gasteiger charge is -2.47. The zero-order valence-corrected chi connectivity index (χ0v) is 20.6. The maximum Gasteiger partial charge on any atom is 0.201 e. The van der Waals surface area contributed by atoms with Gasteiger partial charge in [-0.25, -0.2) is 0 Å². The summed E-state index contributed by atoms with van der Waals surface area (Å²) in [6.45, 7) is 19.1. The van der Waals surface area contributed by atoms with E-state index in [1.807, 2.05) is 0 Å². The Labute approximate surface area is 178 Å². The van der Waals surface area contributed by atoms with E-state index in [9.17, 15) is 10.2 Å². The van der Waals surface area contributed by atoms with Crippen LogP contribution in [0.1, 0.15) is 68.2 Å². The number of aliphatic hydroxyl groups is 2. The number of hydrogen-bond donors (Lipinski definition) is 2. The third-order valence-corrected chi connectivity index (χ3v) is 16.4. The highest BCUT2D eigenvalue weighted by Gasteiger charge is 2.81. The third kappa shape index (κ3) is 2.25. The highest BCUT2D eigenvalue weighted by atomic mass is 28.4. The largest absolute Gasteiger partial charge is 0.409 e. The molecule has 9 unspecified atom stereocenters. The minimum atomic E-state index is -2.00. The molecule has 164 valence electrons. The number of fused-ring (bicyclic) bond motifs is 1. The Morgan fingerprint density at radius 1 is 1.00 bits per heavy atom. The monoisotopic (exact) mass is 418 g/mol. The maximum absolute atomic E-state index is 11.0. The molecule has 5 fully saturated rings. The van der Waals surface area contributed by atoms with E-state index in [1.54, 1.807) is 0 Å². The van der Waals surface area contributed by atoms with Crippen LogP contribution in [0.15, 0.2) is 11.6 Å². The first-order valence-corrected chi connectivity index (χ1v) is 14.3. The quantitative estimate of drug-likeness (QED) is 0.480. The second-order valence-electron chi connectivity index (χ2n) is 12.8. The molecular formula is C25H42O3Si. The average Bonchev–Trinajstić information content (AvgIpc) is 3.07. The lowest BCUT2D eigenvalue weighted by Crippen LogP contribution is -2.52. The molecule has 6 aliphatic rings. The van der Waals surface area contributed by atoms with Gasteiger partial charge in [0.25, 0.3) is 0 Å². The van der Waals surface area contributed by atoms with Gasteiger partial charge in [0, 0.05) is 11.3 Å². The molecule has 1 spiro atoms. The van der Waals surface area contributed by atoms with Crippen LogP contribution in [0.3, 0.4) is 0 Å². The maximum atomic E-state index is 11.0. The van der Waals surface area contributed by atoms with Crippen molar-refractivity contribution < 1.29 is 14.6 Å². The number of aliphatic hydroxyl groups excluding tert-OH is 2. The normalized spacial score (nSPS) is 49.1. The van der Waals surface area contributed by atoms with Crippen molar-refractivity contribution in [2.75, 3.05) is 0 Å². The van der Waals surface area contributed by atoms with Gasteiger partial charge in [-0.1, -0.05) is 61.5 Å². The second kappa shape index (κ2) is 5.99. The van der Waals surface area contributed by atoms with Crippen LogP contribution < -0.4 is 0 Å². The molecule has 0 radical (unpaired) electrons. The van der Waals surface area contributed by atoms with Gasteiger partial charge in [0.2, 0.25) is 8.32 Å². The summed E-state index contributed by atoms with van der Waals surface area (Å²) in [5.74, 6) is 2.20. The standard InChI is InChI=1S/C25H42O3Si/c1-12(2)29(13(3)4,14(5)6)28-23-18-9-15-17-10-16-19(22(27)21(15)26)20(16)25(17,18)11-24(23,7)8/h9,12-17,19-23,26-27H,10-11H2,1-8H3. The van der Waals surface area contributed by atoms with Crippen LogP contribution >= 0.6 is 0 Å². The van der Waals surface area contributed by atoms with Crippen LogP contribution in [0.25, 0.3) is 0 Å². The Kier molecular flexibility index (Phi) is 4.28. The van der Waals surface area contributed by atoms with Crippen molar-refractivity contribution in [3.05, 3.63) is 11.6 Å². The Morgan fingerprint density at radius 2 is 1.59 bits per heavy atom. The summed E-state index contributed by atoms with van der Waals surface area (Å²) in [5.41, 5.74) is 3.58. The average molecular weight is 419 g/mol. The fourth-order valence-electron chi connectivity index (χ4n) is 9.61. The third-order valence-electron chi connectivity index (χ3n) is 10.3. The summed E-state index contributed by atoms with van der Waals surface area (Å²) in [5, 5.41) is 21.8. The molecule has 9 atom stereocenters. The lowest BCUT2D eigenvalue weighted by molar-refractivity contribution is -0.0176. The molecule has 0 heterocycles. The summed E-state index contributed by atoms with van der Waals surface area (Å²) >= 11 is 0. The van der Waals surface area contributed by atoms with Crippen molar-refractivity contribution in [1.82, 2.24) is 0 Å². The van der Waals surface area contributed by atoms with Gasteiger partial charge in [0.1, 0.15) is 0 Å². The summed E-state index contributed by atoms with van der Waals surface area (Å²) in [6, 6.07) is 0.